The van der Waals surface area contributed by atoms with E-state index in [1.165, 1.54) is 17.4 Å². The second-order valence-electron chi connectivity index (χ2n) is 5.06. The molecule has 0 unspecified atom stereocenters. The van der Waals surface area contributed by atoms with Crippen LogP contribution in [0.5, 0.6) is 0 Å². The number of aromatic nitrogens is 1. The number of carbonyl (C=O) groups excluding carboxylic acids is 1. The van der Waals surface area contributed by atoms with Crippen LogP contribution in [0.25, 0.3) is 6.08 Å². The van der Waals surface area contributed by atoms with Gasteiger partial charge >= 0.3 is 0 Å². The molecule has 2 aromatic rings. The molecule has 0 spiro atoms. The molecule has 0 radical (unpaired) electrons. The highest BCUT2D eigenvalue weighted by molar-refractivity contribution is 7.92. The molecule has 6 nitrogen and oxygen atoms in total. The molecule has 0 aliphatic rings. The normalized spacial score (nSPS) is 11.7. The van der Waals surface area contributed by atoms with Gasteiger partial charge in [-0.15, -0.1) is 11.3 Å². The Morgan fingerprint density at radius 1 is 1.29 bits per heavy atom. The van der Waals surface area contributed by atoms with Crippen LogP contribution in [-0.2, 0) is 21.4 Å². The first-order chi connectivity index (χ1) is 11.4. The highest BCUT2D eigenvalue weighted by Gasteiger charge is 2.08. The van der Waals surface area contributed by atoms with Gasteiger partial charge in [-0.3, -0.25) is 4.79 Å². The lowest BCUT2D eigenvalue weighted by atomic mass is 10.2. The zero-order valence-electron chi connectivity index (χ0n) is 13.2. The Bertz CT molecular complexity index is 799. The molecule has 2 rings (SSSR count). The Morgan fingerprint density at radius 3 is 2.71 bits per heavy atom. The van der Waals surface area contributed by atoms with Crippen molar-refractivity contribution in [2.75, 3.05) is 6.54 Å². The zero-order chi connectivity index (χ0) is 17.4. The van der Waals surface area contributed by atoms with E-state index in [-0.39, 0.29) is 18.9 Å². The number of hydrogen-bond donors (Lipinski definition) is 2. The number of sulfonamides is 1. The maximum absolute atomic E-state index is 11.8. The third-order valence-corrected chi connectivity index (χ3v) is 5.07. The predicted octanol–water partition coefficient (Wildman–Crippen LogP) is 2.05. The first-order valence-electron chi connectivity index (χ1n) is 7.35. The van der Waals surface area contributed by atoms with E-state index >= 15 is 0 Å². The second kappa shape index (κ2) is 8.72. The zero-order valence-corrected chi connectivity index (χ0v) is 14.9. The maximum atomic E-state index is 11.8. The summed E-state index contributed by atoms with van der Waals surface area (Å²) < 4.78 is 26.0. The number of nitrogens with zero attached hydrogens (tertiary/aromatic N) is 1. The lowest BCUT2D eigenvalue weighted by molar-refractivity contribution is -0.121. The fourth-order valence-corrected chi connectivity index (χ4v) is 3.36. The Balaban J connectivity index is 1.72. The molecule has 2 N–H and O–H groups in total. The summed E-state index contributed by atoms with van der Waals surface area (Å²) >= 11 is 1.48. The number of nitrogens with one attached hydrogen (secondary N) is 2. The number of thiazole rings is 1. The Morgan fingerprint density at radius 2 is 2.04 bits per heavy atom. The van der Waals surface area contributed by atoms with Gasteiger partial charge in [0.15, 0.2) is 0 Å². The Labute approximate surface area is 145 Å². The van der Waals surface area contributed by atoms with E-state index in [4.69, 9.17) is 0 Å². The maximum Gasteiger partial charge on any atom is 0.233 e. The van der Waals surface area contributed by atoms with Crippen LogP contribution in [0, 0.1) is 6.92 Å². The van der Waals surface area contributed by atoms with E-state index in [1.807, 2.05) is 30.5 Å². The van der Waals surface area contributed by atoms with Crippen LogP contribution in [0.2, 0.25) is 0 Å². The highest BCUT2D eigenvalue weighted by Crippen LogP contribution is 2.07. The predicted molar refractivity (Wildman–Crippen MR) is 95.7 cm³/mol. The van der Waals surface area contributed by atoms with E-state index in [9.17, 15) is 13.2 Å². The van der Waals surface area contributed by atoms with Crippen molar-refractivity contribution in [2.24, 2.45) is 0 Å². The minimum absolute atomic E-state index is 0.0458. The Hall–Kier alpha value is -2.03. The van der Waals surface area contributed by atoms with Crippen LogP contribution in [0.15, 0.2) is 41.1 Å². The molecule has 128 valence electrons. The van der Waals surface area contributed by atoms with Crippen molar-refractivity contribution < 1.29 is 13.2 Å². The molecule has 0 bridgehead atoms. The van der Waals surface area contributed by atoms with Gasteiger partial charge in [0.2, 0.25) is 15.9 Å². The standard InChI is InChI=1S/C16H19N3O3S2/c1-13-12-23-16(19-13)11-17-15(20)7-9-18-24(21,22)10-8-14-5-3-2-4-6-14/h2-6,8,10,12,18H,7,9,11H2,1H3,(H,17,20). The molecule has 8 heteroatoms. The van der Waals surface area contributed by atoms with Crippen LogP contribution >= 0.6 is 11.3 Å². The van der Waals surface area contributed by atoms with Crippen molar-refractivity contribution in [3.63, 3.8) is 0 Å². The molecular formula is C16H19N3O3S2. The quantitative estimate of drug-likeness (QED) is 0.749. The van der Waals surface area contributed by atoms with E-state index in [0.717, 1.165) is 21.7 Å². The van der Waals surface area contributed by atoms with E-state index < -0.39 is 10.0 Å². The molecule has 0 saturated heterocycles. The molecule has 0 saturated carbocycles. The summed E-state index contributed by atoms with van der Waals surface area (Å²) in [6.45, 7) is 2.29. The van der Waals surface area contributed by atoms with E-state index in [2.05, 4.69) is 15.0 Å². The average molecular weight is 365 g/mol. The number of rotatable bonds is 8. The van der Waals surface area contributed by atoms with E-state index in [1.54, 1.807) is 12.1 Å². The van der Waals surface area contributed by atoms with E-state index in [0.29, 0.717) is 6.54 Å². The molecule has 1 heterocycles. The average Bonchev–Trinajstić information content (AvgIpc) is 2.97. The van der Waals surface area contributed by atoms with Crippen molar-refractivity contribution >= 4 is 33.3 Å². The molecule has 0 aliphatic carbocycles. The molecule has 1 aromatic carbocycles. The van der Waals surface area contributed by atoms with Crippen LogP contribution in [0.4, 0.5) is 0 Å². The summed E-state index contributed by atoms with van der Waals surface area (Å²) in [5, 5.41) is 6.55. The second-order valence-corrected chi connectivity index (χ2v) is 7.66. The van der Waals surface area contributed by atoms with Gasteiger partial charge in [0.1, 0.15) is 5.01 Å². The lowest BCUT2D eigenvalue weighted by Crippen LogP contribution is -2.29. The van der Waals surface area contributed by atoms with Crippen molar-refractivity contribution in [2.45, 2.75) is 19.9 Å². The minimum atomic E-state index is -3.56. The van der Waals surface area contributed by atoms with Gasteiger partial charge in [0.25, 0.3) is 0 Å². The summed E-state index contributed by atoms with van der Waals surface area (Å²) in [4.78, 5) is 15.9. The molecule has 0 fully saturated rings. The first kappa shape index (κ1) is 18.3. The smallest absolute Gasteiger partial charge is 0.233 e. The largest absolute Gasteiger partial charge is 0.350 e. The van der Waals surface area contributed by atoms with Crippen molar-refractivity contribution in [3.8, 4) is 0 Å². The van der Waals surface area contributed by atoms with Gasteiger partial charge in [-0.1, -0.05) is 30.3 Å². The fraction of sp³-hybridized carbons (Fsp3) is 0.250. The van der Waals surface area contributed by atoms with Gasteiger partial charge in [-0.25, -0.2) is 18.1 Å². The SMILES string of the molecule is Cc1csc(CNC(=O)CCNS(=O)(=O)C=Cc2ccccc2)n1. The molecule has 0 aliphatic heterocycles. The van der Waals surface area contributed by atoms with Gasteiger partial charge in [0, 0.05) is 29.4 Å². The number of hydrogen-bond acceptors (Lipinski definition) is 5. The van der Waals surface area contributed by atoms with Crippen LogP contribution in [0.3, 0.4) is 0 Å². The number of benzene rings is 1. The summed E-state index contributed by atoms with van der Waals surface area (Å²) in [5.74, 6) is -0.224. The number of carbonyl (C=O) groups is 1. The van der Waals surface area contributed by atoms with Crippen molar-refractivity contribution in [1.82, 2.24) is 15.0 Å². The van der Waals surface area contributed by atoms with Crippen LogP contribution < -0.4 is 10.0 Å². The molecule has 1 aromatic heterocycles. The first-order valence-corrected chi connectivity index (χ1v) is 9.78. The minimum Gasteiger partial charge on any atom is -0.350 e. The third-order valence-electron chi connectivity index (χ3n) is 3.00. The Kier molecular flexibility index (Phi) is 6.65. The molecule has 1 amide bonds. The summed E-state index contributed by atoms with van der Waals surface area (Å²) in [7, 11) is -3.56. The molecule has 24 heavy (non-hydrogen) atoms. The topological polar surface area (TPSA) is 88.2 Å². The summed E-state index contributed by atoms with van der Waals surface area (Å²) in [6, 6.07) is 9.12. The van der Waals surface area contributed by atoms with Crippen molar-refractivity contribution in [1.29, 1.82) is 0 Å². The third kappa shape index (κ3) is 6.61. The number of amides is 1. The van der Waals surface area contributed by atoms with Crippen LogP contribution in [-0.4, -0.2) is 25.9 Å². The summed E-state index contributed by atoms with van der Waals surface area (Å²) in [5.41, 5.74) is 1.71. The highest BCUT2D eigenvalue weighted by atomic mass is 32.2. The lowest BCUT2D eigenvalue weighted by Gasteiger charge is -2.04. The van der Waals surface area contributed by atoms with Gasteiger partial charge in [-0.2, -0.15) is 0 Å². The van der Waals surface area contributed by atoms with Crippen molar-refractivity contribution in [3.05, 3.63) is 57.4 Å². The monoisotopic (exact) mass is 365 g/mol. The van der Waals surface area contributed by atoms with Gasteiger partial charge < -0.3 is 5.32 Å². The summed E-state index contributed by atoms with van der Waals surface area (Å²) in [6.07, 6.45) is 1.58. The van der Waals surface area contributed by atoms with Crippen LogP contribution in [0.1, 0.15) is 22.7 Å². The fourth-order valence-electron chi connectivity index (χ4n) is 1.83. The molecule has 0 atom stereocenters. The van der Waals surface area contributed by atoms with Gasteiger partial charge in [-0.05, 0) is 18.6 Å². The molecular weight excluding hydrogens is 346 g/mol. The van der Waals surface area contributed by atoms with Gasteiger partial charge in [0.05, 0.1) is 6.54 Å². The number of aryl methyl sites for hydroxylation is 1.